The van der Waals surface area contributed by atoms with Gasteiger partial charge in [-0.05, 0) is 12.3 Å². The molecular formula is C11H15N5. The number of fused-ring (bicyclic) bond motifs is 1. The quantitative estimate of drug-likeness (QED) is 0.844. The van der Waals surface area contributed by atoms with Crippen LogP contribution in [0, 0.1) is 5.92 Å². The minimum atomic E-state index is 0.879. The summed E-state index contributed by atoms with van der Waals surface area (Å²) in [6.45, 7) is 0.992. The maximum atomic E-state index is 4.26. The van der Waals surface area contributed by atoms with E-state index >= 15 is 0 Å². The Bertz CT molecular complexity index is 500. The summed E-state index contributed by atoms with van der Waals surface area (Å²) in [6, 6.07) is 0. The zero-order chi connectivity index (χ0) is 11.0. The highest BCUT2D eigenvalue weighted by atomic mass is 15.3. The highest BCUT2D eigenvalue weighted by Crippen LogP contribution is 2.32. The SMILES string of the molecule is Cn1ncc2c(NCCC3CC3)ncnc21. The van der Waals surface area contributed by atoms with Crippen molar-refractivity contribution in [1.29, 1.82) is 0 Å². The van der Waals surface area contributed by atoms with Crippen molar-refractivity contribution in [1.82, 2.24) is 19.7 Å². The smallest absolute Gasteiger partial charge is 0.163 e. The van der Waals surface area contributed by atoms with Crippen LogP contribution in [0.3, 0.4) is 0 Å². The molecule has 0 aromatic carbocycles. The van der Waals surface area contributed by atoms with Gasteiger partial charge in [-0.25, -0.2) is 9.97 Å². The van der Waals surface area contributed by atoms with E-state index in [1.807, 2.05) is 13.2 Å². The first-order valence-corrected chi connectivity index (χ1v) is 5.71. The largest absolute Gasteiger partial charge is 0.369 e. The fourth-order valence-corrected chi connectivity index (χ4v) is 1.90. The van der Waals surface area contributed by atoms with Gasteiger partial charge in [-0.15, -0.1) is 0 Å². The van der Waals surface area contributed by atoms with Crippen LogP contribution >= 0.6 is 0 Å². The Morgan fingerprint density at radius 3 is 3.12 bits per heavy atom. The van der Waals surface area contributed by atoms with Gasteiger partial charge in [0.15, 0.2) is 5.65 Å². The molecule has 5 nitrogen and oxygen atoms in total. The second kappa shape index (κ2) is 3.73. The lowest BCUT2D eigenvalue weighted by Gasteiger charge is -2.05. The molecule has 0 bridgehead atoms. The predicted octanol–water partition coefficient (Wildman–Crippen LogP) is 1.58. The van der Waals surface area contributed by atoms with Gasteiger partial charge in [0.2, 0.25) is 0 Å². The first-order valence-electron chi connectivity index (χ1n) is 5.71. The molecule has 0 aliphatic heterocycles. The van der Waals surface area contributed by atoms with Crippen LogP contribution in [0.2, 0.25) is 0 Å². The van der Waals surface area contributed by atoms with Crippen molar-refractivity contribution in [2.75, 3.05) is 11.9 Å². The molecular weight excluding hydrogens is 202 g/mol. The molecule has 2 aromatic rings. The molecule has 0 unspecified atom stereocenters. The second-order valence-electron chi connectivity index (χ2n) is 4.39. The number of nitrogens with zero attached hydrogens (tertiary/aromatic N) is 4. The molecule has 0 atom stereocenters. The molecule has 0 radical (unpaired) electrons. The molecule has 84 valence electrons. The van der Waals surface area contributed by atoms with Gasteiger partial charge in [0.25, 0.3) is 0 Å². The van der Waals surface area contributed by atoms with Crippen molar-refractivity contribution in [2.24, 2.45) is 13.0 Å². The second-order valence-corrected chi connectivity index (χ2v) is 4.39. The predicted molar refractivity (Wildman–Crippen MR) is 62.1 cm³/mol. The van der Waals surface area contributed by atoms with Crippen molar-refractivity contribution >= 4 is 16.9 Å². The van der Waals surface area contributed by atoms with Gasteiger partial charge in [0.1, 0.15) is 12.1 Å². The van der Waals surface area contributed by atoms with Gasteiger partial charge < -0.3 is 5.32 Å². The number of hydrogen-bond acceptors (Lipinski definition) is 4. The van der Waals surface area contributed by atoms with Crippen LogP contribution in [0.15, 0.2) is 12.5 Å². The van der Waals surface area contributed by atoms with Gasteiger partial charge in [-0.2, -0.15) is 5.10 Å². The average molecular weight is 217 g/mol. The van der Waals surface area contributed by atoms with Crippen molar-refractivity contribution in [3.8, 4) is 0 Å². The topological polar surface area (TPSA) is 55.6 Å². The summed E-state index contributed by atoms with van der Waals surface area (Å²) in [5.74, 6) is 1.84. The van der Waals surface area contributed by atoms with Crippen LogP contribution in [0.5, 0.6) is 0 Å². The Kier molecular flexibility index (Phi) is 2.23. The Balaban J connectivity index is 1.79. The molecule has 1 aliphatic carbocycles. The molecule has 1 N–H and O–H groups in total. The Morgan fingerprint density at radius 1 is 1.44 bits per heavy atom. The van der Waals surface area contributed by atoms with Crippen molar-refractivity contribution in [3.63, 3.8) is 0 Å². The monoisotopic (exact) mass is 217 g/mol. The standard InChI is InChI=1S/C11H15N5/c1-16-11-9(6-15-16)10(13-7-14-11)12-5-4-8-2-3-8/h6-8H,2-5H2,1H3,(H,12,13,14). The van der Waals surface area contributed by atoms with Crippen LogP contribution < -0.4 is 5.32 Å². The zero-order valence-electron chi connectivity index (χ0n) is 9.35. The van der Waals surface area contributed by atoms with E-state index in [-0.39, 0.29) is 0 Å². The average Bonchev–Trinajstić information content (AvgIpc) is 3.04. The van der Waals surface area contributed by atoms with E-state index in [4.69, 9.17) is 0 Å². The third-order valence-electron chi connectivity index (χ3n) is 3.07. The maximum absolute atomic E-state index is 4.26. The van der Waals surface area contributed by atoms with Crippen molar-refractivity contribution in [2.45, 2.75) is 19.3 Å². The normalized spacial score (nSPS) is 15.6. The fraction of sp³-hybridized carbons (Fsp3) is 0.545. The Hall–Kier alpha value is -1.65. The van der Waals surface area contributed by atoms with Crippen molar-refractivity contribution < 1.29 is 0 Å². The Morgan fingerprint density at radius 2 is 2.31 bits per heavy atom. The van der Waals surface area contributed by atoms with E-state index in [0.717, 1.165) is 29.3 Å². The number of hydrogen-bond donors (Lipinski definition) is 1. The summed E-state index contributed by atoms with van der Waals surface area (Å²) in [4.78, 5) is 8.47. The van der Waals surface area contributed by atoms with E-state index < -0.39 is 0 Å². The maximum Gasteiger partial charge on any atom is 0.163 e. The lowest BCUT2D eigenvalue weighted by atomic mass is 10.3. The molecule has 1 aliphatic rings. The van der Waals surface area contributed by atoms with E-state index in [9.17, 15) is 0 Å². The van der Waals surface area contributed by atoms with Gasteiger partial charge >= 0.3 is 0 Å². The van der Waals surface area contributed by atoms with Gasteiger partial charge in [-0.3, -0.25) is 4.68 Å². The van der Waals surface area contributed by atoms with Crippen LogP contribution in [0.1, 0.15) is 19.3 Å². The molecule has 0 amide bonds. The number of rotatable bonds is 4. The molecule has 1 fully saturated rings. The molecule has 2 aromatic heterocycles. The minimum Gasteiger partial charge on any atom is -0.369 e. The first kappa shape index (κ1) is 9.57. The number of nitrogens with one attached hydrogen (secondary N) is 1. The summed E-state index contributed by atoms with van der Waals surface area (Å²) in [5, 5.41) is 8.55. The highest BCUT2D eigenvalue weighted by Gasteiger charge is 2.20. The minimum absolute atomic E-state index is 0.879. The lowest BCUT2D eigenvalue weighted by Crippen LogP contribution is -2.05. The van der Waals surface area contributed by atoms with E-state index in [2.05, 4.69) is 20.4 Å². The van der Waals surface area contributed by atoms with E-state index in [1.165, 1.54) is 19.3 Å². The van der Waals surface area contributed by atoms with E-state index in [1.54, 1.807) is 11.0 Å². The fourth-order valence-electron chi connectivity index (χ4n) is 1.90. The zero-order valence-corrected chi connectivity index (χ0v) is 9.35. The first-order chi connectivity index (χ1) is 7.84. The van der Waals surface area contributed by atoms with Crippen molar-refractivity contribution in [3.05, 3.63) is 12.5 Å². The molecule has 3 rings (SSSR count). The number of aryl methyl sites for hydroxylation is 1. The molecule has 5 heteroatoms. The summed E-state index contributed by atoms with van der Waals surface area (Å²) in [6.07, 6.45) is 7.44. The molecule has 0 saturated heterocycles. The van der Waals surface area contributed by atoms with E-state index in [0.29, 0.717) is 0 Å². The number of aromatic nitrogens is 4. The summed E-state index contributed by atoms with van der Waals surface area (Å²) in [7, 11) is 1.89. The third kappa shape index (κ3) is 1.73. The molecule has 2 heterocycles. The van der Waals surface area contributed by atoms with Gasteiger partial charge in [0, 0.05) is 13.6 Å². The molecule has 16 heavy (non-hydrogen) atoms. The molecule has 1 saturated carbocycles. The highest BCUT2D eigenvalue weighted by molar-refractivity contribution is 5.85. The summed E-state index contributed by atoms with van der Waals surface area (Å²) in [5.41, 5.74) is 0.879. The third-order valence-corrected chi connectivity index (χ3v) is 3.07. The van der Waals surface area contributed by atoms with Gasteiger partial charge in [-0.1, -0.05) is 12.8 Å². The Labute approximate surface area is 93.9 Å². The number of anilines is 1. The van der Waals surface area contributed by atoms with Crippen LogP contribution in [-0.4, -0.2) is 26.3 Å². The molecule has 0 spiro atoms. The van der Waals surface area contributed by atoms with Crippen LogP contribution in [0.25, 0.3) is 11.0 Å². The van der Waals surface area contributed by atoms with Crippen LogP contribution in [-0.2, 0) is 7.05 Å². The summed E-state index contributed by atoms with van der Waals surface area (Å²) < 4.78 is 1.77. The summed E-state index contributed by atoms with van der Waals surface area (Å²) >= 11 is 0. The lowest BCUT2D eigenvalue weighted by molar-refractivity contribution is 0.758. The van der Waals surface area contributed by atoms with Crippen LogP contribution in [0.4, 0.5) is 5.82 Å². The van der Waals surface area contributed by atoms with Gasteiger partial charge in [0.05, 0.1) is 11.6 Å².